The fourth-order valence-corrected chi connectivity index (χ4v) is 8.38. The predicted molar refractivity (Wildman–Crippen MR) is 151 cm³/mol. The quantitative estimate of drug-likeness (QED) is 0.290. The van der Waals surface area contributed by atoms with E-state index in [0.717, 1.165) is 37.8 Å². The van der Waals surface area contributed by atoms with Crippen molar-refractivity contribution in [2.24, 2.45) is 24.3 Å². The monoisotopic (exact) mass is 583 g/mol. The highest BCUT2D eigenvalue weighted by Crippen LogP contribution is 2.65. The van der Waals surface area contributed by atoms with E-state index < -0.39 is 10.5 Å². The fourth-order valence-electron chi connectivity index (χ4n) is 8.20. The Kier molecular flexibility index (Phi) is 6.47. The number of nitro groups is 1. The molecule has 4 aliphatic carbocycles. The number of hydrogen-bond donors (Lipinski definition) is 2. The van der Waals surface area contributed by atoms with Crippen LogP contribution in [0.1, 0.15) is 73.7 Å². The van der Waals surface area contributed by atoms with E-state index in [1.54, 1.807) is 34.2 Å². The molecule has 2 amide bonds. The van der Waals surface area contributed by atoms with E-state index in [1.807, 2.05) is 13.8 Å². The van der Waals surface area contributed by atoms with E-state index in [1.165, 1.54) is 6.20 Å². The van der Waals surface area contributed by atoms with Gasteiger partial charge in [-0.15, -0.1) is 0 Å². The molecule has 2 atom stereocenters. The van der Waals surface area contributed by atoms with Crippen LogP contribution >= 0.6 is 11.6 Å². The van der Waals surface area contributed by atoms with E-state index in [0.29, 0.717) is 41.9 Å². The third kappa shape index (κ3) is 4.50. The van der Waals surface area contributed by atoms with Gasteiger partial charge in [-0.25, -0.2) is 0 Å². The van der Waals surface area contributed by atoms with Crippen molar-refractivity contribution in [1.29, 1.82) is 0 Å². The van der Waals surface area contributed by atoms with E-state index in [-0.39, 0.29) is 40.2 Å². The van der Waals surface area contributed by atoms with Crippen LogP contribution in [-0.2, 0) is 23.9 Å². The molecule has 41 heavy (non-hydrogen) atoms. The highest BCUT2D eigenvalue weighted by molar-refractivity contribution is 6.33. The SMILES string of the molecule is CCn1ncc(NC(=O)CC23CC4CC(C2)CC(n2nc([N+](=O)[O-])c(Cl)c2C)(C4)C3)c1C(=O)Nc1cnn(C)c1C. The lowest BCUT2D eigenvalue weighted by atomic mass is 9.46. The molecule has 0 saturated heterocycles. The van der Waals surface area contributed by atoms with Gasteiger partial charge in [-0.3, -0.25) is 19.0 Å². The number of carbonyl (C=O) groups is 2. The maximum Gasteiger partial charge on any atom is 0.408 e. The zero-order valence-corrected chi connectivity index (χ0v) is 24.4. The Morgan fingerprint density at radius 1 is 1.10 bits per heavy atom. The molecule has 7 rings (SSSR count). The zero-order chi connectivity index (χ0) is 29.3. The number of nitrogens with one attached hydrogen (secondary N) is 2. The maximum atomic E-state index is 13.6. The Hall–Kier alpha value is -3.74. The first-order valence-electron chi connectivity index (χ1n) is 14.0. The molecule has 0 spiro atoms. The summed E-state index contributed by atoms with van der Waals surface area (Å²) >= 11 is 6.34. The van der Waals surface area contributed by atoms with E-state index >= 15 is 0 Å². The molecule has 2 N–H and O–H groups in total. The van der Waals surface area contributed by atoms with Crippen LogP contribution in [0, 0.1) is 41.2 Å². The van der Waals surface area contributed by atoms with Gasteiger partial charge in [0.1, 0.15) is 5.69 Å². The molecular weight excluding hydrogens is 550 g/mol. The Morgan fingerprint density at radius 3 is 2.37 bits per heavy atom. The normalized spacial score (nSPS) is 26.4. The van der Waals surface area contributed by atoms with Crippen LogP contribution in [0.3, 0.4) is 0 Å². The summed E-state index contributed by atoms with van der Waals surface area (Å²) < 4.78 is 5.03. The number of halogens is 1. The molecule has 14 heteroatoms. The van der Waals surface area contributed by atoms with E-state index in [4.69, 9.17) is 11.6 Å². The van der Waals surface area contributed by atoms with Crippen LogP contribution in [0.15, 0.2) is 12.4 Å². The lowest BCUT2D eigenvalue weighted by molar-refractivity contribution is -0.389. The summed E-state index contributed by atoms with van der Waals surface area (Å²) in [5, 5.41) is 30.4. The first-order chi connectivity index (χ1) is 19.4. The molecule has 13 nitrogen and oxygen atoms in total. The number of carbonyl (C=O) groups excluding carboxylic acids is 2. The highest BCUT2D eigenvalue weighted by Gasteiger charge is 2.61. The van der Waals surface area contributed by atoms with Gasteiger partial charge in [0.2, 0.25) is 5.91 Å². The standard InChI is InChI=1S/C27H34ClN9O4/c1-5-35-23(25(39)32-19-12-29-34(4)15(19)2)20(13-30-35)31-21(38)11-26-7-17-6-18(8-26)10-27(9-17,14-26)36-16(3)22(28)24(33-36)37(40)41/h12-13,17-18H,5-11,14H2,1-4H3,(H,31,38)(H,32,39). The lowest BCUT2D eigenvalue weighted by Gasteiger charge is -2.61. The van der Waals surface area contributed by atoms with Crippen molar-refractivity contribution >= 4 is 40.6 Å². The Balaban J connectivity index is 1.24. The topological polar surface area (TPSA) is 155 Å². The van der Waals surface area contributed by atoms with Crippen molar-refractivity contribution in [2.45, 2.75) is 77.8 Å². The van der Waals surface area contributed by atoms with Crippen LogP contribution in [0.4, 0.5) is 17.2 Å². The van der Waals surface area contributed by atoms with Gasteiger partial charge in [0.05, 0.1) is 45.8 Å². The average Bonchev–Trinajstić information content (AvgIpc) is 3.54. The first-order valence-corrected chi connectivity index (χ1v) is 14.4. The Morgan fingerprint density at radius 2 is 1.78 bits per heavy atom. The van der Waals surface area contributed by atoms with Crippen molar-refractivity contribution in [3.8, 4) is 0 Å². The van der Waals surface area contributed by atoms with Gasteiger partial charge in [0.25, 0.3) is 5.91 Å². The molecule has 0 aromatic carbocycles. The number of aryl methyl sites for hydroxylation is 2. The zero-order valence-electron chi connectivity index (χ0n) is 23.6. The molecule has 4 saturated carbocycles. The van der Waals surface area contributed by atoms with Gasteiger partial charge in [-0.05, 0) is 81.5 Å². The van der Waals surface area contributed by atoms with Gasteiger partial charge < -0.3 is 20.7 Å². The maximum absolute atomic E-state index is 13.6. The molecule has 2 unspecified atom stereocenters. The summed E-state index contributed by atoms with van der Waals surface area (Å²) in [4.78, 5) is 38.0. The second kappa shape index (κ2) is 9.68. The molecule has 0 radical (unpaired) electrons. The van der Waals surface area contributed by atoms with Gasteiger partial charge in [0, 0.05) is 20.0 Å². The summed E-state index contributed by atoms with van der Waals surface area (Å²) in [7, 11) is 1.80. The molecule has 3 heterocycles. The smallest absolute Gasteiger partial charge is 0.358 e. The lowest BCUT2D eigenvalue weighted by Crippen LogP contribution is -2.57. The van der Waals surface area contributed by atoms with Gasteiger partial charge in [-0.2, -0.15) is 14.9 Å². The van der Waals surface area contributed by atoms with Crippen LogP contribution in [0.25, 0.3) is 0 Å². The molecule has 3 aromatic heterocycles. The minimum Gasteiger partial charge on any atom is -0.358 e. The second-order valence-electron chi connectivity index (χ2n) is 12.2. The van der Waals surface area contributed by atoms with Crippen LogP contribution in [0.2, 0.25) is 5.02 Å². The average molecular weight is 584 g/mol. The van der Waals surface area contributed by atoms with Gasteiger partial charge in [0.15, 0.2) is 5.02 Å². The number of aromatic nitrogens is 6. The third-order valence-corrected chi connectivity index (χ3v) is 9.89. The highest BCUT2D eigenvalue weighted by atomic mass is 35.5. The predicted octanol–water partition coefficient (Wildman–Crippen LogP) is 4.59. The molecular formula is C27H34ClN9O4. The van der Waals surface area contributed by atoms with Gasteiger partial charge >= 0.3 is 5.82 Å². The van der Waals surface area contributed by atoms with Crippen molar-refractivity contribution in [1.82, 2.24) is 29.3 Å². The molecule has 218 valence electrons. The number of nitrogens with zero attached hydrogens (tertiary/aromatic N) is 7. The largest absolute Gasteiger partial charge is 0.408 e. The number of rotatable bonds is 8. The summed E-state index contributed by atoms with van der Waals surface area (Å²) in [6.45, 7) is 5.98. The molecule has 4 fully saturated rings. The fraction of sp³-hybridized carbons (Fsp3) is 0.593. The van der Waals surface area contributed by atoms with Crippen molar-refractivity contribution < 1.29 is 14.5 Å². The summed E-state index contributed by atoms with van der Waals surface area (Å²) in [5.74, 6) is -0.0376. The molecule has 4 bridgehead atoms. The van der Waals surface area contributed by atoms with Crippen molar-refractivity contribution in [2.75, 3.05) is 10.6 Å². The van der Waals surface area contributed by atoms with E-state index in [2.05, 4.69) is 25.9 Å². The van der Waals surface area contributed by atoms with Crippen molar-refractivity contribution in [3.63, 3.8) is 0 Å². The second-order valence-corrected chi connectivity index (χ2v) is 12.6. The number of anilines is 2. The minimum atomic E-state index is -0.532. The van der Waals surface area contributed by atoms with Crippen LogP contribution in [0.5, 0.6) is 0 Å². The molecule has 4 aliphatic rings. The number of hydrogen-bond acceptors (Lipinski definition) is 7. The first kappa shape index (κ1) is 27.4. The Labute approximate surface area is 241 Å². The van der Waals surface area contributed by atoms with Crippen molar-refractivity contribution in [3.05, 3.63) is 44.6 Å². The summed E-state index contributed by atoms with van der Waals surface area (Å²) in [6, 6.07) is 0. The van der Waals surface area contributed by atoms with E-state index in [9.17, 15) is 19.7 Å². The van der Waals surface area contributed by atoms with Gasteiger partial charge in [-0.1, -0.05) is 11.6 Å². The third-order valence-electron chi connectivity index (χ3n) is 9.45. The van der Waals surface area contributed by atoms with Crippen LogP contribution in [-0.4, -0.2) is 46.1 Å². The number of amides is 2. The molecule has 0 aliphatic heterocycles. The summed E-state index contributed by atoms with van der Waals surface area (Å²) in [6.07, 6.45) is 8.81. The Bertz CT molecular complexity index is 1560. The van der Waals surface area contributed by atoms with Crippen LogP contribution < -0.4 is 10.6 Å². The molecule has 3 aromatic rings. The minimum absolute atomic E-state index is 0.0813. The summed E-state index contributed by atoms with van der Waals surface area (Å²) in [5.41, 5.74) is 1.98.